The number of hydrogen-bond acceptors (Lipinski definition) is 6. The molecule has 1 aliphatic carbocycles. The monoisotopic (exact) mass is 358 g/mol. The topological polar surface area (TPSA) is 88.3 Å². The van der Waals surface area contributed by atoms with Crippen LogP contribution in [0.3, 0.4) is 0 Å². The van der Waals surface area contributed by atoms with Gasteiger partial charge < -0.3 is 14.6 Å². The first-order valence-electron chi connectivity index (χ1n) is 8.29. The van der Waals surface area contributed by atoms with E-state index in [1.807, 2.05) is 25.1 Å². The maximum absolute atomic E-state index is 12.8. The molecule has 2 amide bonds. The Morgan fingerprint density at radius 3 is 2.96 bits per heavy atom. The number of carbonyl (C=O) groups is 2. The lowest BCUT2D eigenvalue weighted by atomic mass is 10.2. The molecule has 1 saturated carbocycles. The summed E-state index contributed by atoms with van der Waals surface area (Å²) in [6.45, 7) is 1.88. The fraction of sp³-hybridized carbons (Fsp3) is 0.412. The molecule has 2 aromatic rings. The van der Waals surface area contributed by atoms with E-state index in [0.717, 1.165) is 18.5 Å². The molecule has 0 unspecified atom stereocenters. The van der Waals surface area contributed by atoms with Crippen molar-refractivity contribution >= 4 is 35.0 Å². The number of hydrogen-bond donors (Lipinski definition) is 1. The Hall–Kier alpha value is -2.35. The van der Waals surface area contributed by atoms with Crippen LogP contribution in [0.1, 0.15) is 38.0 Å². The van der Waals surface area contributed by atoms with E-state index in [1.165, 1.54) is 11.8 Å². The highest BCUT2D eigenvalue weighted by atomic mass is 32.2. The summed E-state index contributed by atoms with van der Waals surface area (Å²) in [4.78, 5) is 26.5. The molecular weight excluding hydrogens is 340 g/mol. The van der Waals surface area contributed by atoms with Crippen LogP contribution in [0.4, 0.5) is 11.4 Å². The van der Waals surface area contributed by atoms with Crippen LogP contribution in [0.2, 0.25) is 0 Å². The van der Waals surface area contributed by atoms with Crippen LogP contribution in [0, 0.1) is 0 Å². The summed E-state index contributed by atoms with van der Waals surface area (Å²) in [5.41, 5.74) is 1.37. The van der Waals surface area contributed by atoms with Crippen molar-refractivity contribution in [2.24, 2.45) is 0 Å². The number of carbonyl (C=O) groups excluding carboxylic acids is 2. The van der Waals surface area contributed by atoms with Gasteiger partial charge in [0.1, 0.15) is 0 Å². The second-order valence-corrected chi connectivity index (χ2v) is 7.28. The molecule has 130 valence electrons. The van der Waals surface area contributed by atoms with Crippen LogP contribution in [0.5, 0.6) is 0 Å². The van der Waals surface area contributed by atoms with E-state index < -0.39 is 0 Å². The number of amides is 2. The number of rotatable bonds is 4. The smallest absolute Gasteiger partial charge is 0.277 e. The highest BCUT2D eigenvalue weighted by Crippen LogP contribution is 2.40. The number of fused-ring (bicyclic) bond motifs is 1. The van der Waals surface area contributed by atoms with Gasteiger partial charge in [-0.25, -0.2) is 0 Å². The quantitative estimate of drug-likeness (QED) is 0.846. The molecule has 0 spiro atoms. The Balaban J connectivity index is 1.50. The van der Waals surface area contributed by atoms with E-state index in [-0.39, 0.29) is 30.0 Å². The first kappa shape index (κ1) is 16.1. The zero-order chi connectivity index (χ0) is 17.4. The van der Waals surface area contributed by atoms with E-state index >= 15 is 0 Å². The molecule has 2 aliphatic rings. The number of thioether (sulfide) groups is 1. The number of aromatic nitrogens is 2. The predicted molar refractivity (Wildman–Crippen MR) is 93.6 cm³/mol. The van der Waals surface area contributed by atoms with Crippen molar-refractivity contribution in [2.75, 3.05) is 16.0 Å². The zero-order valence-corrected chi connectivity index (χ0v) is 14.6. The molecule has 1 atom stereocenters. The fourth-order valence-electron chi connectivity index (χ4n) is 2.93. The summed E-state index contributed by atoms with van der Waals surface area (Å²) in [5, 5.41) is 11.3. The predicted octanol–water partition coefficient (Wildman–Crippen LogP) is 2.80. The summed E-state index contributed by atoms with van der Waals surface area (Å²) >= 11 is 1.24. The average Bonchev–Trinajstić information content (AvgIpc) is 3.34. The minimum atomic E-state index is -0.221. The van der Waals surface area contributed by atoms with Crippen LogP contribution in [0.25, 0.3) is 0 Å². The van der Waals surface area contributed by atoms with Gasteiger partial charge in [-0.2, -0.15) is 0 Å². The number of anilines is 2. The van der Waals surface area contributed by atoms with Gasteiger partial charge in [-0.05, 0) is 31.9 Å². The lowest BCUT2D eigenvalue weighted by Gasteiger charge is -2.27. The molecule has 1 fully saturated rings. The zero-order valence-electron chi connectivity index (χ0n) is 13.8. The highest BCUT2D eigenvalue weighted by Gasteiger charge is 2.31. The van der Waals surface area contributed by atoms with Gasteiger partial charge in [0.2, 0.25) is 17.7 Å². The summed E-state index contributed by atoms with van der Waals surface area (Å²) < 4.78 is 5.59. The summed E-state index contributed by atoms with van der Waals surface area (Å²) in [5.74, 6) is 1.06. The maximum atomic E-state index is 12.8. The molecule has 0 saturated heterocycles. The van der Waals surface area contributed by atoms with E-state index in [9.17, 15) is 9.59 Å². The summed E-state index contributed by atoms with van der Waals surface area (Å²) in [6, 6.07) is 7.12. The molecule has 0 radical (unpaired) electrons. The van der Waals surface area contributed by atoms with Crippen LogP contribution in [0.15, 0.2) is 33.9 Å². The van der Waals surface area contributed by atoms with Crippen molar-refractivity contribution in [3.05, 3.63) is 30.2 Å². The average molecular weight is 358 g/mol. The lowest BCUT2D eigenvalue weighted by molar-refractivity contribution is -0.117. The number of nitrogens with zero attached hydrogens (tertiary/aromatic N) is 3. The van der Waals surface area contributed by atoms with Gasteiger partial charge in [0, 0.05) is 18.4 Å². The molecule has 0 bridgehead atoms. The molecule has 25 heavy (non-hydrogen) atoms. The number of benzene rings is 1. The lowest BCUT2D eigenvalue weighted by Crippen LogP contribution is -2.40. The van der Waals surface area contributed by atoms with E-state index in [2.05, 4.69) is 15.5 Å². The minimum Gasteiger partial charge on any atom is -0.416 e. The Bertz CT molecular complexity index is 818. The van der Waals surface area contributed by atoms with Crippen molar-refractivity contribution in [3.63, 3.8) is 0 Å². The molecule has 7 nitrogen and oxygen atoms in total. The second-order valence-electron chi connectivity index (χ2n) is 6.35. The van der Waals surface area contributed by atoms with Crippen molar-refractivity contribution in [3.8, 4) is 0 Å². The molecule has 8 heteroatoms. The Morgan fingerprint density at radius 1 is 1.36 bits per heavy atom. The largest absolute Gasteiger partial charge is 0.416 e. The normalized spacial score (nSPS) is 20.0. The second kappa shape index (κ2) is 6.51. The van der Waals surface area contributed by atoms with E-state index in [1.54, 1.807) is 11.0 Å². The van der Waals surface area contributed by atoms with Crippen LogP contribution in [-0.2, 0) is 9.59 Å². The number of nitrogens with one attached hydrogen (secondary N) is 1. The van der Waals surface area contributed by atoms with Gasteiger partial charge >= 0.3 is 0 Å². The van der Waals surface area contributed by atoms with Gasteiger partial charge in [0.05, 0.1) is 17.1 Å². The molecule has 1 N–H and O–H groups in total. The third-order valence-electron chi connectivity index (χ3n) is 4.30. The Morgan fingerprint density at radius 2 is 2.16 bits per heavy atom. The van der Waals surface area contributed by atoms with Crippen LogP contribution >= 0.6 is 11.8 Å². The molecule has 1 aromatic carbocycles. The van der Waals surface area contributed by atoms with Crippen molar-refractivity contribution < 1.29 is 14.0 Å². The van der Waals surface area contributed by atoms with Crippen LogP contribution < -0.4 is 10.2 Å². The van der Waals surface area contributed by atoms with Crippen molar-refractivity contribution in [1.82, 2.24) is 10.2 Å². The first-order chi connectivity index (χ1) is 12.1. The van der Waals surface area contributed by atoms with Crippen LogP contribution in [-0.4, -0.2) is 33.8 Å². The molecule has 2 heterocycles. The van der Waals surface area contributed by atoms with Gasteiger partial charge in [-0.1, -0.05) is 23.9 Å². The summed E-state index contributed by atoms with van der Waals surface area (Å²) in [7, 11) is 0. The maximum Gasteiger partial charge on any atom is 0.277 e. The SMILES string of the molecule is C[C@@H]1CC(=O)Nc2ccccc2N1C(=O)CSc1nnc(C2CC2)o1. The van der Waals surface area contributed by atoms with Gasteiger partial charge in [0.15, 0.2) is 0 Å². The van der Waals surface area contributed by atoms with Gasteiger partial charge in [-0.3, -0.25) is 9.59 Å². The fourth-order valence-corrected chi connectivity index (χ4v) is 3.56. The molecular formula is C17H18N4O3S. The van der Waals surface area contributed by atoms with Gasteiger partial charge in [-0.15, -0.1) is 10.2 Å². The molecule has 4 rings (SSSR count). The third-order valence-corrected chi connectivity index (χ3v) is 5.10. The Kier molecular flexibility index (Phi) is 4.20. The first-order valence-corrected chi connectivity index (χ1v) is 9.27. The van der Waals surface area contributed by atoms with E-state index in [4.69, 9.17) is 4.42 Å². The molecule has 1 aliphatic heterocycles. The van der Waals surface area contributed by atoms with E-state index in [0.29, 0.717) is 22.7 Å². The van der Waals surface area contributed by atoms with Gasteiger partial charge in [0.25, 0.3) is 5.22 Å². The minimum absolute atomic E-state index is 0.0890. The molecule has 1 aromatic heterocycles. The highest BCUT2D eigenvalue weighted by molar-refractivity contribution is 7.99. The standard InChI is InChI=1S/C17H18N4O3S/c1-10-8-14(22)18-12-4-2-3-5-13(12)21(10)15(23)9-25-17-20-19-16(24-17)11-6-7-11/h2-5,10-11H,6-9H2,1H3,(H,18,22)/t10-/m1/s1. The van der Waals surface area contributed by atoms with Crippen molar-refractivity contribution in [2.45, 2.75) is 43.4 Å². The number of para-hydroxylation sites is 2. The Labute approximate surface area is 149 Å². The third kappa shape index (κ3) is 3.39. The summed E-state index contributed by atoms with van der Waals surface area (Å²) in [6.07, 6.45) is 2.44. The van der Waals surface area contributed by atoms with Crippen molar-refractivity contribution in [1.29, 1.82) is 0 Å².